The fourth-order valence-corrected chi connectivity index (χ4v) is 3.22. The number of nitrogens with one attached hydrogen (secondary N) is 2. The maximum atomic E-state index is 12.4. The molecule has 0 bridgehead atoms. The van der Waals surface area contributed by atoms with Crippen LogP contribution in [0, 0.1) is 0 Å². The van der Waals surface area contributed by atoms with Gasteiger partial charge in [0.15, 0.2) is 5.72 Å². The van der Waals surface area contributed by atoms with Gasteiger partial charge in [0.1, 0.15) is 5.75 Å². The molecule has 0 radical (unpaired) electrons. The molecule has 7 heteroatoms. The average Bonchev–Trinajstić information content (AvgIpc) is 2.68. The van der Waals surface area contributed by atoms with Gasteiger partial charge < -0.3 is 20.3 Å². The molecule has 1 fully saturated rings. The molecule has 2 aliphatic rings. The molecule has 3 rings (SSSR count). The van der Waals surface area contributed by atoms with Crippen LogP contribution in [0.15, 0.2) is 24.3 Å². The van der Waals surface area contributed by atoms with Crippen molar-refractivity contribution in [3.05, 3.63) is 29.8 Å². The lowest BCUT2D eigenvalue weighted by Crippen LogP contribution is -2.56. The third kappa shape index (κ3) is 3.75. The summed E-state index contributed by atoms with van der Waals surface area (Å²) in [7, 11) is 0. The van der Waals surface area contributed by atoms with E-state index in [2.05, 4.69) is 10.6 Å². The number of para-hydroxylation sites is 1. The summed E-state index contributed by atoms with van der Waals surface area (Å²) < 4.78 is 6.07. The van der Waals surface area contributed by atoms with Crippen molar-refractivity contribution in [2.24, 2.45) is 0 Å². The third-order valence-corrected chi connectivity index (χ3v) is 4.44. The zero-order valence-corrected chi connectivity index (χ0v) is 14.5. The van der Waals surface area contributed by atoms with E-state index in [0.29, 0.717) is 30.7 Å². The van der Waals surface area contributed by atoms with Crippen LogP contribution in [-0.4, -0.2) is 47.5 Å². The van der Waals surface area contributed by atoms with Crippen molar-refractivity contribution in [3.8, 4) is 5.75 Å². The zero-order chi connectivity index (χ0) is 18.0. The molecule has 25 heavy (non-hydrogen) atoms. The van der Waals surface area contributed by atoms with Gasteiger partial charge in [0.05, 0.1) is 12.1 Å². The van der Waals surface area contributed by atoms with E-state index in [-0.39, 0.29) is 36.7 Å². The Morgan fingerprint density at radius 2 is 2.08 bits per heavy atom. The molecule has 1 atom stereocenters. The summed E-state index contributed by atoms with van der Waals surface area (Å²) in [5.74, 6) is 0.0516. The minimum Gasteiger partial charge on any atom is -0.467 e. The average molecular weight is 345 g/mol. The van der Waals surface area contributed by atoms with Gasteiger partial charge in [0.2, 0.25) is 11.8 Å². The smallest absolute Gasteiger partial charge is 0.258 e. The molecular formula is C18H23N3O4. The van der Waals surface area contributed by atoms with Gasteiger partial charge >= 0.3 is 0 Å². The number of ether oxygens (including phenoxy) is 1. The van der Waals surface area contributed by atoms with Crippen molar-refractivity contribution in [2.75, 3.05) is 13.1 Å². The van der Waals surface area contributed by atoms with Crippen LogP contribution in [0.2, 0.25) is 0 Å². The summed E-state index contributed by atoms with van der Waals surface area (Å²) in [6.45, 7) is 4.13. The second kappa shape index (κ2) is 6.74. The van der Waals surface area contributed by atoms with Crippen molar-refractivity contribution < 1.29 is 19.1 Å². The van der Waals surface area contributed by atoms with Gasteiger partial charge in [-0.05, 0) is 26.0 Å². The largest absolute Gasteiger partial charge is 0.467 e. The highest BCUT2D eigenvalue weighted by Crippen LogP contribution is 2.33. The number of carbonyl (C=O) groups is 3. The van der Waals surface area contributed by atoms with E-state index in [9.17, 15) is 14.4 Å². The van der Waals surface area contributed by atoms with Gasteiger partial charge in [0.25, 0.3) is 5.91 Å². The predicted octanol–water partition coefficient (Wildman–Crippen LogP) is 1.04. The Hall–Kier alpha value is -2.57. The van der Waals surface area contributed by atoms with E-state index in [0.717, 1.165) is 0 Å². The van der Waals surface area contributed by atoms with Crippen LogP contribution in [-0.2, 0) is 9.59 Å². The van der Waals surface area contributed by atoms with Crippen molar-refractivity contribution in [2.45, 2.75) is 44.9 Å². The molecular weight excluding hydrogens is 322 g/mol. The minimum atomic E-state index is -0.898. The second-order valence-electron chi connectivity index (χ2n) is 6.83. The van der Waals surface area contributed by atoms with Gasteiger partial charge in [-0.3, -0.25) is 14.4 Å². The number of carbonyl (C=O) groups excluding carboxylic acids is 3. The van der Waals surface area contributed by atoms with Gasteiger partial charge in [-0.25, -0.2) is 0 Å². The lowest BCUT2D eigenvalue weighted by atomic mass is 10.0. The molecule has 7 nitrogen and oxygen atoms in total. The first-order chi connectivity index (χ1) is 11.9. The van der Waals surface area contributed by atoms with Crippen molar-refractivity contribution in [3.63, 3.8) is 0 Å². The fourth-order valence-electron chi connectivity index (χ4n) is 3.22. The Kier molecular flexibility index (Phi) is 4.65. The summed E-state index contributed by atoms with van der Waals surface area (Å²) in [6.07, 6.45) is 1.04. The number of fused-ring (bicyclic) bond motifs is 1. The van der Waals surface area contributed by atoms with Gasteiger partial charge in [-0.15, -0.1) is 0 Å². The van der Waals surface area contributed by atoms with Crippen LogP contribution >= 0.6 is 0 Å². The molecule has 0 aliphatic carbocycles. The standard InChI is InChI=1S/C18H23N3O4/c1-12(2)19-15(22)11-21-10-9-18(8-7-16(21)23)20-17(24)13-5-3-4-6-14(13)25-18/h3-6,12H,7-11H2,1-2H3,(H,19,22)(H,20,24)/t18-/m0/s1. The number of amides is 3. The van der Waals surface area contributed by atoms with E-state index >= 15 is 0 Å². The number of likely N-dealkylation sites (tertiary alicyclic amines) is 1. The monoisotopic (exact) mass is 345 g/mol. The van der Waals surface area contributed by atoms with E-state index in [1.807, 2.05) is 19.9 Å². The molecule has 2 N–H and O–H groups in total. The van der Waals surface area contributed by atoms with Crippen molar-refractivity contribution in [1.29, 1.82) is 0 Å². The molecule has 0 saturated carbocycles. The Morgan fingerprint density at radius 3 is 2.84 bits per heavy atom. The van der Waals surface area contributed by atoms with Gasteiger partial charge in [-0.1, -0.05) is 12.1 Å². The SMILES string of the molecule is CC(C)NC(=O)CN1CC[C@@]2(CCC1=O)NC(=O)c1ccccc1O2. The minimum absolute atomic E-state index is 0.0254. The molecule has 134 valence electrons. The number of hydrogen-bond acceptors (Lipinski definition) is 4. The maximum Gasteiger partial charge on any atom is 0.258 e. The summed E-state index contributed by atoms with van der Waals surface area (Å²) in [4.78, 5) is 38.2. The zero-order valence-electron chi connectivity index (χ0n) is 14.5. The normalized spacial score (nSPS) is 22.9. The maximum absolute atomic E-state index is 12.4. The fraction of sp³-hybridized carbons (Fsp3) is 0.500. The lowest BCUT2D eigenvalue weighted by molar-refractivity contribution is -0.135. The van der Waals surface area contributed by atoms with Gasteiger partial charge in [-0.2, -0.15) is 0 Å². The molecule has 0 unspecified atom stereocenters. The van der Waals surface area contributed by atoms with Gasteiger partial charge in [0, 0.05) is 31.8 Å². The number of benzene rings is 1. The first-order valence-corrected chi connectivity index (χ1v) is 8.56. The van der Waals surface area contributed by atoms with Crippen molar-refractivity contribution >= 4 is 17.7 Å². The van der Waals surface area contributed by atoms with Crippen LogP contribution in [0.4, 0.5) is 0 Å². The summed E-state index contributed by atoms with van der Waals surface area (Å²) in [6, 6.07) is 7.10. The topological polar surface area (TPSA) is 87.7 Å². The van der Waals surface area contributed by atoms with E-state index < -0.39 is 5.72 Å². The molecule has 1 aromatic rings. The number of hydrogen-bond donors (Lipinski definition) is 2. The molecule has 1 spiro atoms. The third-order valence-electron chi connectivity index (χ3n) is 4.44. The molecule has 2 aliphatic heterocycles. The highest BCUT2D eigenvalue weighted by Gasteiger charge is 2.42. The van der Waals surface area contributed by atoms with Crippen LogP contribution < -0.4 is 15.4 Å². The summed E-state index contributed by atoms with van der Waals surface area (Å²) in [5, 5.41) is 5.70. The van der Waals surface area contributed by atoms with Crippen LogP contribution in [0.25, 0.3) is 0 Å². The number of rotatable bonds is 3. The quantitative estimate of drug-likeness (QED) is 0.857. The summed E-state index contributed by atoms with van der Waals surface area (Å²) >= 11 is 0. The number of nitrogens with zero attached hydrogens (tertiary/aromatic N) is 1. The highest BCUT2D eigenvalue weighted by atomic mass is 16.5. The molecule has 1 saturated heterocycles. The van der Waals surface area contributed by atoms with E-state index in [1.165, 1.54) is 4.90 Å². The molecule has 0 aromatic heterocycles. The Balaban J connectivity index is 1.72. The van der Waals surface area contributed by atoms with Crippen LogP contribution in [0.3, 0.4) is 0 Å². The Bertz CT molecular complexity index is 703. The Morgan fingerprint density at radius 1 is 1.32 bits per heavy atom. The van der Waals surface area contributed by atoms with Crippen LogP contribution in [0.5, 0.6) is 5.75 Å². The molecule has 2 heterocycles. The van der Waals surface area contributed by atoms with E-state index in [1.54, 1.807) is 18.2 Å². The van der Waals surface area contributed by atoms with E-state index in [4.69, 9.17) is 4.74 Å². The molecule has 1 aromatic carbocycles. The first-order valence-electron chi connectivity index (χ1n) is 8.56. The summed E-state index contributed by atoms with van der Waals surface area (Å²) in [5.41, 5.74) is -0.401. The second-order valence-corrected chi connectivity index (χ2v) is 6.83. The van der Waals surface area contributed by atoms with Crippen LogP contribution in [0.1, 0.15) is 43.5 Å². The highest BCUT2D eigenvalue weighted by molar-refractivity contribution is 5.98. The van der Waals surface area contributed by atoms with Crippen molar-refractivity contribution in [1.82, 2.24) is 15.5 Å². The lowest BCUT2D eigenvalue weighted by Gasteiger charge is -2.38. The first kappa shape index (κ1) is 17.3. The molecule has 3 amide bonds. The predicted molar refractivity (Wildman–Crippen MR) is 91.0 cm³/mol. The Labute approximate surface area is 146 Å².